The van der Waals surface area contributed by atoms with Crippen LogP contribution >= 0.6 is 12.4 Å². The minimum Gasteiger partial charge on any atom is -0.316 e. The summed E-state index contributed by atoms with van der Waals surface area (Å²) in [5, 5.41) is 13.8. The molecule has 0 amide bonds. The molecule has 1 fully saturated rings. The number of nitro benzene ring substituents is 1. The molecule has 1 aromatic rings. The molecule has 1 atom stereocenters. The molecule has 1 heterocycles. The molecule has 1 aliphatic rings. The first kappa shape index (κ1) is 18.8. The Labute approximate surface area is 136 Å². The summed E-state index contributed by atoms with van der Waals surface area (Å²) in [5.74, 6) is 0. The van der Waals surface area contributed by atoms with E-state index >= 15 is 0 Å². The van der Waals surface area contributed by atoms with Gasteiger partial charge in [0.25, 0.3) is 5.69 Å². The van der Waals surface area contributed by atoms with E-state index in [9.17, 15) is 18.5 Å². The van der Waals surface area contributed by atoms with Crippen molar-refractivity contribution in [2.24, 2.45) is 0 Å². The predicted octanol–water partition coefficient (Wildman–Crippen LogP) is 1.70. The molecule has 0 saturated carbocycles. The fraction of sp³-hybridized carbons (Fsp3) is 0.538. The van der Waals surface area contributed by atoms with Gasteiger partial charge in [-0.3, -0.25) is 10.1 Å². The Balaban J connectivity index is 0.00000242. The van der Waals surface area contributed by atoms with Crippen LogP contribution in [0.2, 0.25) is 0 Å². The van der Waals surface area contributed by atoms with Crippen LogP contribution < -0.4 is 5.32 Å². The number of sulfonamides is 1. The minimum atomic E-state index is -3.61. The molecule has 1 aromatic carbocycles. The molecule has 1 saturated heterocycles. The van der Waals surface area contributed by atoms with Gasteiger partial charge in [-0.2, -0.15) is 4.31 Å². The van der Waals surface area contributed by atoms with Crippen LogP contribution in [0.5, 0.6) is 0 Å². The smallest absolute Gasteiger partial charge is 0.269 e. The van der Waals surface area contributed by atoms with Crippen LogP contribution in [0.3, 0.4) is 0 Å². The highest BCUT2D eigenvalue weighted by molar-refractivity contribution is 7.89. The SMILES string of the molecule is CNC1CCCN(S(=O)(=O)c2ccc([N+](=O)[O-])cc2C)C1.Cl. The minimum absolute atomic E-state index is 0. The number of nitrogens with one attached hydrogen (secondary N) is 1. The Bertz CT molecular complexity index is 651. The molecule has 0 spiro atoms. The molecule has 124 valence electrons. The number of likely N-dealkylation sites (N-methyl/N-ethyl adjacent to an activating group) is 1. The van der Waals surface area contributed by atoms with Crippen LogP contribution in [0.4, 0.5) is 5.69 Å². The Kier molecular flexibility index (Phi) is 6.30. The molecular formula is C13H20ClN3O4S. The number of halogens is 1. The van der Waals surface area contributed by atoms with Crippen molar-refractivity contribution in [3.8, 4) is 0 Å². The molecule has 9 heteroatoms. The summed E-state index contributed by atoms with van der Waals surface area (Å²) in [6.45, 7) is 2.49. The summed E-state index contributed by atoms with van der Waals surface area (Å²) >= 11 is 0. The fourth-order valence-electron chi connectivity index (χ4n) is 2.57. The van der Waals surface area contributed by atoms with E-state index in [1.54, 1.807) is 6.92 Å². The van der Waals surface area contributed by atoms with Crippen molar-refractivity contribution in [3.63, 3.8) is 0 Å². The fourth-order valence-corrected chi connectivity index (χ4v) is 4.30. The number of aryl methyl sites for hydroxylation is 1. The summed E-state index contributed by atoms with van der Waals surface area (Å²) in [6, 6.07) is 4.00. The highest BCUT2D eigenvalue weighted by atomic mass is 35.5. The van der Waals surface area contributed by atoms with Crippen molar-refractivity contribution in [2.45, 2.75) is 30.7 Å². The molecule has 22 heavy (non-hydrogen) atoms. The molecule has 7 nitrogen and oxygen atoms in total. The number of nitro groups is 1. The van der Waals surface area contributed by atoms with E-state index in [1.165, 1.54) is 22.5 Å². The zero-order valence-electron chi connectivity index (χ0n) is 12.5. The first-order chi connectivity index (χ1) is 9.86. The molecular weight excluding hydrogens is 330 g/mol. The van der Waals surface area contributed by atoms with Gasteiger partial charge in [-0.1, -0.05) is 0 Å². The van der Waals surface area contributed by atoms with Gasteiger partial charge >= 0.3 is 0 Å². The van der Waals surface area contributed by atoms with Crippen molar-refractivity contribution >= 4 is 28.1 Å². The first-order valence-corrected chi connectivity index (χ1v) is 8.22. The number of benzene rings is 1. The molecule has 2 rings (SSSR count). The molecule has 0 aromatic heterocycles. The molecule has 0 radical (unpaired) electrons. The topological polar surface area (TPSA) is 92.6 Å². The van der Waals surface area contributed by atoms with Crippen LogP contribution in [-0.4, -0.2) is 43.8 Å². The maximum Gasteiger partial charge on any atom is 0.269 e. The number of nitrogens with zero attached hydrogens (tertiary/aromatic N) is 2. The number of hydrogen-bond donors (Lipinski definition) is 1. The van der Waals surface area contributed by atoms with Crippen molar-refractivity contribution in [2.75, 3.05) is 20.1 Å². The monoisotopic (exact) mass is 349 g/mol. The standard InChI is InChI=1S/C13H19N3O4S.ClH/c1-10-8-12(16(17)18)5-6-13(10)21(19,20)15-7-3-4-11(9-15)14-2;/h5-6,8,11,14H,3-4,7,9H2,1-2H3;1H. The van der Waals surface area contributed by atoms with Crippen LogP contribution in [0.15, 0.2) is 23.1 Å². The van der Waals surface area contributed by atoms with E-state index in [0.717, 1.165) is 12.8 Å². The lowest BCUT2D eigenvalue weighted by atomic mass is 10.1. The van der Waals surface area contributed by atoms with Crippen molar-refractivity contribution in [1.82, 2.24) is 9.62 Å². The lowest BCUT2D eigenvalue weighted by Crippen LogP contribution is -2.46. The van der Waals surface area contributed by atoms with Gasteiger partial charge in [-0.05, 0) is 38.4 Å². The Morgan fingerprint density at radius 2 is 2.09 bits per heavy atom. The Morgan fingerprint density at radius 3 is 2.64 bits per heavy atom. The third-order valence-corrected chi connectivity index (χ3v) is 5.80. The predicted molar refractivity (Wildman–Crippen MR) is 85.9 cm³/mol. The zero-order valence-corrected chi connectivity index (χ0v) is 14.1. The second kappa shape index (κ2) is 7.36. The first-order valence-electron chi connectivity index (χ1n) is 6.78. The largest absolute Gasteiger partial charge is 0.316 e. The molecule has 1 N–H and O–H groups in total. The highest BCUT2D eigenvalue weighted by Gasteiger charge is 2.31. The van der Waals surface area contributed by atoms with E-state index in [1.807, 2.05) is 7.05 Å². The van der Waals surface area contributed by atoms with Crippen LogP contribution in [0.1, 0.15) is 18.4 Å². The van der Waals surface area contributed by atoms with E-state index in [0.29, 0.717) is 18.7 Å². The highest BCUT2D eigenvalue weighted by Crippen LogP contribution is 2.26. The van der Waals surface area contributed by atoms with Crippen molar-refractivity contribution < 1.29 is 13.3 Å². The third kappa shape index (κ3) is 3.75. The molecule has 0 bridgehead atoms. The van der Waals surface area contributed by atoms with Gasteiger partial charge in [-0.25, -0.2) is 8.42 Å². The summed E-state index contributed by atoms with van der Waals surface area (Å²) in [7, 11) is -1.79. The summed E-state index contributed by atoms with van der Waals surface area (Å²) < 4.78 is 26.8. The van der Waals surface area contributed by atoms with E-state index in [2.05, 4.69) is 5.32 Å². The number of rotatable bonds is 4. The van der Waals surface area contributed by atoms with E-state index in [-0.39, 0.29) is 29.0 Å². The van der Waals surface area contributed by atoms with Crippen LogP contribution in [-0.2, 0) is 10.0 Å². The van der Waals surface area contributed by atoms with Crippen LogP contribution in [0.25, 0.3) is 0 Å². The van der Waals surface area contributed by atoms with Gasteiger partial charge < -0.3 is 5.32 Å². The second-order valence-electron chi connectivity index (χ2n) is 5.20. The van der Waals surface area contributed by atoms with Crippen LogP contribution in [0, 0.1) is 17.0 Å². The average molecular weight is 350 g/mol. The summed E-state index contributed by atoms with van der Waals surface area (Å²) in [5.41, 5.74) is 0.300. The third-order valence-electron chi connectivity index (χ3n) is 3.78. The van der Waals surface area contributed by atoms with Gasteiger partial charge in [0.2, 0.25) is 10.0 Å². The maximum absolute atomic E-state index is 12.7. The Hall–Kier alpha value is -1.22. The molecule has 1 unspecified atom stereocenters. The summed E-state index contributed by atoms with van der Waals surface area (Å²) in [4.78, 5) is 10.4. The lowest BCUT2D eigenvalue weighted by molar-refractivity contribution is -0.385. The number of non-ortho nitro benzene ring substituents is 1. The van der Waals surface area contributed by atoms with Crippen molar-refractivity contribution in [1.29, 1.82) is 0 Å². The van der Waals surface area contributed by atoms with E-state index < -0.39 is 14.9 Å². The van der Waals surface area contributed by atoms with Gasteiger partial charge in [0.05, 0.1) is 9.82 Å². The lowest BCUT2D eigenvalue weighted by Gasteiger charge is -2.32. The van der Waals surface area contributed by atoms with Gasteiger partial charge in [-0.15, -0.1) is 12.4 Å². The molecule has 0 aliphatic carbocycles. The van der Waals surface area contributed by atoms with Gasteiger partial charge in [0.15, 0.2) is 0 Å². The average Bonchev–Trinajstić information content (AvgIpc) is 2.46. The second-order valence-corrected chi connectivity index (χ2v) is 7.10. The summed E-state index contributed by atoms with van der Waals surface area (Å²) in [6.07, 6.45) is 1.75. The Morgan fingerprint density at radius 1 is 1.41 bits per heavy atom. The normalized spacial score (nSPS) is 19.5. The maximum atomic E-state index is 12.7. The number of hydrogen-bond acceptors (Lipinski definition) is 5. The van der Waals surface area contributed by atoms with Gasteiger partial charge in [0.1, 0.15) is 0 Å². The number of piperidine rings is 1. The quantitative estimate of drug-likeness (QED) is 0.659. The zero-order chi connectivity index (χ0) is 15.6. The van der Waals surface area contributed by atoms with Gasteiger partial charge in [0, 0.05) is 31.3 Å². The van der Waals surface area contributed by atoms with Crippen molar-refractivity contribution in [3.05, 3.63) is 33.9 Å². The molecule has 1 aliphatic heterocycles. The van der Waals surface area contributed by atoms with E-state index in [4.69, 9.17) is 0 Å².